The van der Waals surface area contributed by atoms with E-state index in [1.165, 1.54) is 24.8 Å². The first-order valence-corrected chi connectivity index (χ1v) is 10.4. The van der Waals surface area contributed by atoms with E-state index in [-0.39, 0.29) is 0 Å². The molecular weight excluding hydrogens is 364 g/mol. The molecule has 1 N–H and O–H groups in total. The monoisotopic (exact) mass is 396 g/mol. The first-order valence-electron chi connectivity index (χ1n) is 10.4. The Morgan fingerprint density at radius 2 is 2.00 bits per heavy atom. The third-order valence-corrected chi connectivity index (χ3v) is 5.27. The van der Waals surface area contributed by atoms with Gasteiger partial charge in [-0.1, -0.05) is 18.2 Å². The maximum absolute atomic E-state index is 5.80. The van der Waals surface area contributed by atoms with Crippen LogP contribution in [-0.4, -0.2) is 49.7 Å². The van der Waals surface area contributed by atoms with Crippen LogP contribution in [0.2, 0.25) is 0 Å². The lowest BCUT2D eigenvalue weighted by Crippen LogP contribution is -2.39. The van der Waals surface area contributed by atoms with Gasteiger partial charge in [-0.2, -0.15) is 0 Å². The van der Waals surface area contributed by atoms with Gasteiger partial charge in [0.15, 0.2) is 5.96 Å². The Labute approximate surface area is 174 Å². The lowest BCUT2D eigenvalue weighted by Gasteiger charge is -2.26. The number of guanidine groups is 1. The molecule has 2 aromatic rings. The van der Waals surface area contributed by atoms with Crippen molar-refractivity contribution < 1.29 is 9.47 Å². The van der Waals surface area contributed by atoms with Crippen LogP contribution >= 0.6 is 0 Å². The Morgan fingerprint density at radius 3 is 2.69 bits per heavy atom. The molecule has 0 atom stereocenters. The van der Waals surface area contributed by atoms with Crippen LogP contribution in [0.1, 0.15) is 30.5 Å². The van der Waals surface area contributed by atoms with Crippen LogP contribution in [0.4, 0.5) is 0 Å². The van der Waals surface area contributed by atoms with E-state index in [0.717, 1.165) is 49.6 Å². The Bertz CT molecular complexity index is 743. The van der Waals surface area contributed by atoms with E-state index in [0.29, 0.717) is 6.61 Å². The molecule has 1 saturated heterocycles. The molecule has 6 heteroatoms. The summed E-state index contributed by atoms with van der Waals surface area (Å²) in [6.45, 7) is 4.02. The third kappa shape index (κ3) is 7.06. The number of hydrogen-bond acceptors (Lipinski definition) is 4. The molecule has 1 aliphatic rings. The Morgan fingerprint density at radius 1 is 1.21 bits per heavy atom. The van der Waals surface area contributed by atoms with Crippen LogP contribution < -0.4 is 10.1 Å². The number of pyridine rings is 1. The average molecular weight is 397 g/mol. The summed E-state index contributed by atoms with van der Waals surface area (Å²) in [5, 5.41) is 3.45. The third-order valence-electron chi connectivity index (χ3n) is 5.27. The minimum absolute atomic E-state index is 0.475. The minimum atomic E-state index is 0.475. The number of aromatic nitrogens is 1. The second kappa shape index (κ2) is 11.4. The van der Waals surface area contributed by atoms with E-state index >= 15 is 0 Å². The fourth-order valence-corrected chi connectivity index (χ4v) is 3.43. The molecule has 1 fully saturated rings. The molecule has 1 aromatic carbocycles. The van der Waals surface area contributed by atoms with E-state index < -0.39 is 0 Å². The highest BCUT2D eigenvalue weighted by atomic mass is 16.5. The normalized spacial score (nSPS) is 15.2. The van der Waals surface area contributed by atoms with Crippen molar-refractivity contribution in [3.8, 4) is 5.75 Å². The smallest absolute Gasteiger partial charge is 0.193 e. The van der Waals surface area contributed by atoms with Crippen molar-refractivity contribution in [3.63, 3.8) is 0 Å². The molecule has 0 bridgehead atoms. The molecule has 2 heterocycles. The van der Waals surface area contributed by atoms with Crippen LogP contribution in [0.5, 0.6) is 5.75 Å². The van der Waals surface area contributed by atoms with E-state index in [4.69, 9.17) is 9.47 Å². The highest BCUT2D eigenvalue weighted by Crippen LogP contribution is 2.18. The van der Waals surface area contributed by atoms with E-state index in [9.17, 15) is 0 Å². The number of hydrogen-bond donors (Lipinski definition) is 1. The second-order valence-electron chi connectivity index (χ2n) is 7.42. The molecule has 29 heavy (non-hydrogen) atoms. The quantitative estimate of drug-likeness (QED) is 0.547. The maximum Gasteiger partial charge on any atom is 0.193 e. The molecule has 0 saturated carbocycles. The van der Waals surface area contributed by atoms with Crippen molar-refractivity contribution in [3.05, 3.63) is 59.9 Å². The number of nitrogens with one attached hydrogen (secondary N) is 1. The van der Waals surface area contributed by atoms with Gasteiger partial charge in [0, 0.05) is 46.6 Å². The fraction of sp³-hybridized carbons (Fsp3) is 0.478. The molecule has 0 aliphatic carbocycles. The average Bonchev–Trinajstić information content (AvgIpc) is 2.79. The molecule has 1 aliphatic heterocycles. The fourth-order valence-electron chi connectivity index (χ4n) is 3.43. The topological polar surface area (TPSA) is 59.0 Å². The van der Waals surface area contributed by atoms with Crippen LogP contribution in [0.3, 0.4) is 0 Å². The summed E-state index contributed by atoms with van der Waals surface area (Å²) in [6, 6.07) is 14.0. The SMILES string of the molecule is CN=C(NCc1ccc(OCc2ccccn2)cc1)N(C)CCC1CCOCC1. The number of rotatable bonds is 8. The summed E-state index contributed by atoms with van der Waals surface area (Å²) >= 11 is 0. The van der Waals surface area contributed by atoms with E-state index in [1.807, 2.05) is 37.4 Å². The molecule has 0 spiro atoms. The zero-order valence-electron chi connectivity index (χ0n) is 17.5. The van der Waals surface area contributed by atoms with Gasteiger partial charge in [-0.05, 0) is 55.0 Å². The van der Waals surface area contributed by atoms with Crippen LogP contribution in [0.25, 0.3) is 0 Å². The highest BCUT2D eigenvalue weighted by molar-refractivity contribution is 5.79. The van der Waals surface area contributed by atoms with Crippen molar-refractivity contribution in [2.75, 3.05) is 33.9 Å². The van der Waals surface area contributed by atoms with Gasteiger partial charge in [0.2, 0.25) is 0 Å². The van der Waals surface area contributed by atoms with Gasteiger partial charge in [0.05, 0.1) is 5.69 Å². The van der Waals surface area contributed by atoms with Gasteiger partial charge in [0.25, 0.3) is 0 Å². The number of ether oxygens (including phenoxy) is 2. The largest absolute Gasteiger partial charge is 0.487 e. The van der Waals surface area contributed by atoms with Gasteiger partial charge in [-0.3, -0.25) is 9.98 Å². The predicted octanol–water partition coefficient (Wildman–Crippen LogP) is 3.48. The van der Waals surface area contributed by atoms with Gasteiger partial charge in [-0.25, -0.2) is 0 Å². The van der Waals surface area contributed by atoms with Gasteiger partial charge in [-0.15, -0.1) is 0 Å². The first kappa shape index (κ1) is 21.1. The van der Waals surface area contributed by atoms with Gasteiger partial charge < -0.3 is 19.7 Å². The second-order valence-corrected chi connectivity index (χ2v) is 7.42. The Balaban J connectivity index is 1.41. The van der Waals surface area contributed by atoms with Crippen LogP contribution in [0.15, 0.2) is 53.7 Å². The molecule has 0 amide bonds. The van der Waals surface area contributed by atoms with Gasteiger partial charge >= 0.3 is 0 Å². The van der Waals surface area contributed by atoms with Crippen molar-refractivity contribution >= 4 is 5.96 Å². The van der Waals surface area contributed by atoms with Crippen molar-refractivity contribution in [1.82, 2.24) is 15.2 Å². The zero-order chi connectivity index (χ0) is 20.3. The number of nitrogens with zero attached hydrogens (tertiary/aromatic N) is 3. The molecule has 0 radical (unpaired) electrons. The lowest BCUT2D eigenvalue weighted by atomic mass is 9.96. The maximum atomic E-state index is 5.80. The zero-order valence-corrected chi connectivity index (χ0v) is 17.5. The summed E-state index contributed by atoms with van der Waals surface area (Å²) in [5.74, 6) is 2.54. The van der Waals surface area contributed by atoms with Crippen molar-refractivity contribution in [2.24, 2.45) is 10.9 Å². The van der Waals surface area contributed by atoms with Crippen molar-refractivity contribution in [2.45, 2.75) is 32.4 Å². The Hall–Kier alpha value is -2.60. The highest BCUT2D eigenvalue weighted by Gasteiger charge is 2.15. The molecule has 0 unspecified atom stereocenters. The Kier molecular flexibility index (Phi) is 8.31. The van der Waals surface area contributed by atoms with E-state index in [2.05, 4.69) is 39.4 Å². The van der Waals surface area contributed by atoms with E-state index in [1.54, 1.807) is 6.20 Å². The predicted molar refractivity (Wildman–Crippen MR) is 116 cm³/mol. The number of aliphatic imine (C=N–C) groups is 1. The molecule has 1 aromatic heterocycles. The molecular formula is C23H32N4O2. The standard InChI is InChI=1S/C23H32N4O2/c1-24-23(27(2)14-10-19-11-15-28-16-12-19)26-17-20-6-8-22(9-7-20)29-18-21-5-3-4-13-25-21/h3-9,13,19H,10-12,14-18H2,1-2H3,(H,24,26). The number of benzene rings is 1. The molecule has 3 rings (SSSR count). The summed E-state index contributed by atoms with van der Waals surface area (Å²) in [7, 11) is 3.94. The van der Waals surface area contributed by atoms with Crippen LogP contribution in [-0.2, 0) is 17.9 Å². The summed E-state index contributed by atoms with van der Waals surface area (Å²) in [4.78, 5) is 10.9. The summed E-state index contributed by atoms with van der Waals surface area (Å²) in [5.41, 5.74) is 2.11. The summed E-state index contributed by atoms with van der Waals surface area (Å²) in [6.07, 6.45) is 5.31. The lowest BCUT2D eigenvalue weighted by molar-refractivity contribution is 0.0625. The van der Waals surface area contributed by atoms with Crippen molar-refractivity contribution in [1.29, 1.82) is 0 Å². The molecule has 156 valence electrons. The first-order chi connectivity index (χ1) is 14.2. The van der Waals surface area contributed by atoms with Crippen LogP contribution in [0, 0.1) is 5.92 Å². The molecule has 6 nitrogen and oxygen atoms in total. The minimum Gasteiger partial charge on any atom is -0.487 e. The van der Waals surface area contributed by atoms with Gasteiger partial charge in [0.1, 0.15) is 12.4 Å². The summed E-state index contributed by atoms with van der Waals surface area (Å²) < 4.78 is 11.2.